The molecule has 0 bridgehead atoms. The van der Waals surface area contributed by atoms with Crippen molar-refractivity contribution in [2.75, 3.05) is 34.4 Å². The van der Waals surface area contributed by atoms with Crippen LogP contribution in [0, 0.1) is 11.3 Å². The molecule has 3 heterocycles. The van der Waals surface area contributed by atoms with Crippen molar-refractivity contribution in [3.05, 3.63) is 122 Å². The maximum atomic E-state index is 13.7. The Kier molecular flexibility index (Phi) is 13.9. The molecule has 306 valence electrons. The lowest BCUT2D eigenvalue weighted by Gasteiger charge is -2.39. The first kappa shape index (κ1) is 42.4. The fourth-order valence-electron chi connectivity index (χ4n) is 7.16. The van der Waals surface area contributed by atoms with E-state index in [2.05, 4.69) is 58.4 Å². The number of fused-ring (bicyclic) bond motifs is 1. The first-order valence-electron chi connectivity index (χ1n) is 19.2. The molecule has 6 rings (SSSR count). The summed E-state index contributed by atoms with van der Waals surface area (Å²) >= 11 is 0. The number of H-pyrrole nitrogens is 2. The second kappa shape index (κ2) is 19.0. The summed E-state index contributed by atoms with van der Waals surface area (Å²) in [6.07, 6.45) is -0.492. The van der Waals surface area contributed by atoms with Gasteiger partial charge < -0.3 is 28.2 Å². The van der Waals surface area contributed by atoms with Crippen LogP contribution >= 0.6 is 8.53 Å². The summed E-state index contributed by atoms with van der Waals surface area (Å²) in [4.78, 5) is 42.7. The van der Waals surface area contributed by atoms with Gasteiger partial charge in [-0.1, -0.05) is 72.8 Å². The van der Waals surface area contributed by atoms with Crippen molar-refractivity contribution in [1.29, 1.82) is 5.26 Å². The summed E-state index contributed by atoms with van der Waals surface area (Å²) < 4.78 is 36.4. The Balaban J connectivity index is 1.46. The number of methoxy groups -OCH3 is 1. The third kappa shape index (κ3) is 9.23. The zero-order chi connectivity index (χ0) is 41.4. The van der Waals surface area contributed by atoms with Crippen molar-refractivity contribution in [3.8, 4) is 11.8 Å². The number of benzene rings is 3. The van der Waals surface area contributed by atoms with Crippen LogP contribution < -0.4 is 16.0 Å². The molecule has 0 spiro atoms. The monoisotopic (exact) mass is 810 g/mol. The molecular formula is C42H51N8O7P. The highest BCUT2D eigenvalue weighted by Gasteiger charge is 2.45. The summed E-state index contributed by atoms with van der Waals surface area (Å²) in [5, 5.41) is 9.37. The molecule has 16 heteroatoms. The number of nitrogens with one attached hydrogen (secondary N) is 2. The normalized spacial score (nSPS) is 17.8. The standard InChI is InChI=1S/C42H51N8O7P/c1-28(2)50(29(3)4)58(55-24-14-23-43)57-34-25-36(49-38-37(45-41(49)52)39(51)47-40(46-38)44-27-48(5)6)56-35(34)26-54-42(30-15-10-8-11-16-30,31-17-12-9-13-18-31)32-19-21-33(53-7)22-20-32/h8-13,15-22,27-29,34-36H,14,24-26H2,1-7H3,(H,45,52)(H,46,47,51)/b44-27+/t34-,35+,36+,58?/m0/s1. The number of aromatic amines is 2. The maximum Gasteiger partial charge on any atom is 0.329 e. The van der Waals surface area contributed by atoms with Gasteiger partial charge in [0.1, 0.15) is 23.7 Å². The first-order chi connectivity index (χ1) is 28.0. The number of hydrogen-bond acceptors (Lipinski definition) is 11. The number of aliphatic imine (C=N–C) groups is 1. The number of ether oxygens (including phenoxy) is 3. The summed E-state index contributed by atoms with van der Waals surface area (Å²) in [7, 11) is 3.48. The van der Waals surface area contributed by atoms with Crippen LogP contribution in [-0.2, 0) is 24.1 Å². The second-order valence-electron chi connectivity index (χ2n) is 14.6. The Bertz CT molecular complexity index is 2240. The number of aromatic nitrogens is 4. The Morgan fingerprint density at radius 3 is 2.17 bits per heavy atom. The molecule has 0 amide bonds. The summed E-state index contributed by atoms with van der Waals surface area (Å²) in [6.45, 7) is 8.43. The van der Waals surface area contributed by atoms with E-state index in [0.29, 0.717) is 5.75 Å². The average molecular weight is 811 g/mol. The van der Waals surface area contributed by atoms with Gasteiger partial charge in [-0.2, -0.15) is 10.2 Å². The topological polar surface area (TPSA) is 172 Å². The minimum absolute atomic E-state index is 0.00516. The van der Waals surface area contributed by atoms with Gasteiger partial charge in [-0.3, -0.25) is 14.8 Å². The van der Waals surface area contributed by atoms with Crippen LogP contribution in [0.3, 0.4) is 0 Å². The summed E-state index contributed by atoms with van der Waals surface area (Å²) in [5.41, 5.74) is 0.453. The Morgan fingerprint density at radius 1 is 0.983 bits per heavy atom. The third-order valence-electron chi connectivity index (χ3n) is 9.66. The van der Waals surface area contributed by atoms with Crippen LogP contribution in [0.4, 0.5) is 5.95 Å². The quantitative estimate of drug-likeness (QED) is 0.0321. The number of hydrogen-bond donors (Lipinski definition) is 2. The molecule has 4 atom stereocenters. The molecule has 1 fully saturated rings. The maximum absolute atomic E-state index is 13.7. The summed E-state index contributed by atoms with van der Waals surface area (Å²) in [6, 6.07) is 29.9. The molecule has 1 aliphatic heterocycles. The van der Waals surface area contributed by atoms with Crippen LogP contribution in [0.5, 0.6) is 5.75 Å². The molecule has 1 aliphatic rings. The zero-order valence-corrected chi connectivity index (χ0v) is 34.8. The molecule has 5 aromatic rings. The third-order valence-corrected chi connectivity index (χ3v) is 11.8. The zero-order valence-electron chi connectivity index (χ0n) is 33.9. The fraction of sp³-hybridized carbons (Fsp3) is 0.405. The number of imidazole rings is 1. The van der Waals surface area contributed by atoms with Crippen molar-refractivity contribution in [3.63, 3.8) is 0 Å². The largest absolute Gasteiger partial charge is 0.497 e. The lowest BCUT2D eigenvalue weighted by Crippen LogP contribution is -2.39. The van der Waals surface area contributed by atoms with Crippen molar-refractivity contribution in [2.45, 2.75) is 76.7 Å². The van der Waals surface area contributed by atoms with E-state index >= 15 is 0 Å². The molecule has 0 saturated carbocycles. The van der Waals surface area contributed by atoms with Gasteiger partial charge in [0.05, 0.1) is 45.3 Å². The van der Waals surface area contributed by atoms with Crippen LogP contribution in [0.25, 0.3) is 11.2 Å². The highest BCUT2D eigenvalue weighted by atomic mass is 31.2. The van der Waals surface area contributed by atoms with E-state index in [0.717, 1.165) is 16.7 Å². The average Bonchev–Trinajstić information content (AvgIpc) is 3.77. The van der Waals surface area contributed by atoms with Gasteiger partial charge in [-0.05, 0) is 56.5 Å². The minimum atomic E-state index is -1.73. The predicted octanol–water partition coefficient (Wildman–Crippen LogP) is 6.60. The van der Waals surface area contributed by atoms with Crippen LogP contribution in [0.1, 0.15) is 63.5 Å². The van der Waals surface area contributed by atoms with E-state index in [1.807, 2.05) is 84.9 Å². The molecule has 3 aromatic carbocycles. The smallest absolute Gasteiger partial charge is 0.329 e. The Labute approximate surface area is 339 Å². The minimum Gasteiger partial charge on any atom is -0.497 e. The summed E-state index contributed by atoms with van der Waals surface area (Å²) in [5.74, 6) is 0.726. The molecule has 2 N–H and O–H groups in total. The van der Waals surface area contributed by atoms with E-state index in [1.54, 1.807) is 26.1 Å². The highest BCUT2D eigenvalue weighted by molar-refractivity contribution is 7.44. The van der Waals surface area contributed by atoms with Crippen LogP contribution in [-0.4, -0.2) is 94.1 Å². The molecular weight excluding hydrogens is 759 g/mol. The molecule has 15 nitrogen and oxygen atoms in total. The van der Waals surface area contributed by atoms with Gasteiger partial charge in [0.2, 0.25) is 5.95 Å². The van der Waals surface area contributed by atoms with Gasteiger partial charge in [0.25, 0.3) is 14.1 Å². The van der Waals surface area contributed by atoms with E-state index in [4.69, 9.17) is 23.3 Å². The number of nitrogens with zero attached hydrogens (tertiary/aromatic N) is 6. The lowest BCUT2D eigenvalue weighted by molar-refractivity contribution is -0.0916. The van der Waals surface area contributed by atoms with Crippen molar-refractivity contribution in [1.82, 2.24) is 29.1 Å². The molecule has 1 unspecified atom stereocenters. The highest BCUT2D eigenvalue weighted by Crippen LogP contribution is 2.51. The van der Waals surface area contributed by atoms with Gasteiger partial charge in [0, 0.05) is 32.6 Å². The predicted molar refractivity (Wildman–Crippen MR) is 223 cm³/mol. The van der Waals surface area contributed by atoms with E-state index in [-0.39, 0.29) is 55.3 Å². The molecule has 2 aromatic heterocycles. The molecule has 58 heavy (non-hydrogen) atoms. The van der Waals surface area contributed by atoms with Gasteiger partial charge >= 0.3 is 5.69 Å². The van der Waals surface area contributed by atoms with Crippen LogP contribution in [0.15, 0.2) is 99.5 Å². The van der Waals surface area contributed by atoms with E-state index in [9.17, 15) is 14.9 Å². The fourth-order valence-corrected chi connectivity index (χ4v) is 8.91. The second-order valence-corrected chi connectivity index (χ2v) is 16.0. The molecule has 1 saturated heterocycles. The molecule has 0 aliphatic carbocycles. The van der Waals surface area contributed by atoms with Crippen molar-refractivity contribution >= 4 is 32.0 Å². The Morgan fingerprint density at radius 2 is 1.60 bits per heavy atom. The van der Waals surface area contributed by atoms with Gasteiger partial charge in [-0.25, -0.2) is 19.0 Å². The lowest BCUT2D eigenvalue weighted by atomic mass is 9.80. The number of rotatable bonds is 18. The van der Waals surface area contributed by atoms with Gasteiger partial charge in [0.15, 0.2) is 11.2 Å². The Hall–Kier alpha value is -5.20. The molecule has 0 radical (unpaired) electrons. The number of nitriles is 1. The SMILES string of the molecule is COc1ccc(C(OC[C@H]2O[C@@H](n3c(=O)[nH]c4c(=O)[nH]c(/N=C/N(C)C)nc43)C[C@@H]2OP(OCCC#N)N(C(C)C)C(C)C)(c2ccccc2)c2ccccc2)cc1. The van der Waals surface area contributed by atoms with E-state index < -0.39 is 43.8 Å². The van der Waals surface area contributed by atoms with Crippen molar-refractivity contribution < 1.29 is 23.3 Å². The van der Waals surface area contributed by atoms with Gasteiger partial charge in [-0.15, -0.1) is 0 Å². The van der Waals surface area contributed by atoms with Crippen LogP contribution in [0.2, 0.25) is 0 Å². The first-order valence-corrected chi connectivity index (χ1v) is 20.3. The van der Waals surface area contributed by atoms with E-state index in [1.165, 1.54) is 10.9 Å². The van der Waals surface area contributed by atoms with Crippen molar-refractivity contribution in [2.24, 2.45) is 4.99 Å².